The lowest BCUT2D eigenvalue weighted by atomic mass is 9.90. The van der Waals surface area contributed by atoms with Crippen LogP contribution >= 0.6 is 11.6 Å². The maximum absolute atomic E-state index is 6.47. The highest BCUT2D eigenvalue weighted by Gasteiger charge is 2.35. The monoisotopic (exact) mass is 456 g/mol. The van der Waals surface area contributed by atoms with Crippen molar-refractivity contribution in [3.8, 4) is 0 Å². The Balaban J connectivity index is 1.56. The van der Waals surface area contributed by atoms with Crippen LogP contribution in [-0.2, 0) is 11.3 Å². The van der Waals surface area contributed by atoms with Crippen molar-refractivity contribution in [3.63, 3.8) is 0 Å². The number of allylic oxidation sites excluding steroid dienone is 2. The lowest BCUT2D eigenvalue weighted by Gasteiger charge is -2.46. The molecule has 168 valence electrons. The third-order valence-electron chi connectivity index (χ3n) is 6.33. The van der Waals surface area contributed by atoms with Gasteiger partial charge in [0.2, 0.25) is 5.88 Å². The van der Waals surface area contributed by atoms with Gasteiger partial charge in [-0.15, -0.1) is 0 Å². The van der Waals surface area contributed by atoms with Gasteiger partial charge in [-0.05, 0) is 53.3 Å². The third kappa shape index (κ3) is 5.00. The van der Waals surface area contributed by atoms with E-state index in [2.05, 4.69) is 88.9 Å². The molecule has 1 fully saturated rings. The van der Waals surface area contributed by atoms with Crippen LogP contribution in [0.1, 0.15) is 42.0 Å². The van der Waals surface area contributed by atoms with Gasteiger partial charge in [0.15, 0.2) is 0 Å². The van der Waals surface area contributed by atoms with Crippen LogP contribution in [0.3, 0.4) is 0 Å². The highest BCUT2D eigenvalue weighted by molar-refractivity contribution is 6.30. The summed E-state index contributed by atoms with van der Waals surface area (Å²) in [5.41, 5.74) is 4.85. The fraction of sp³-hybridized carbons (Fsp3) is 0.241. The van der Waals surface area contributed by atoms with Gasteiger partial charge in [-0.1, -0.05) is 96.9 Å². The third-order valence-corrected chi connectivity index (χ3v) is 6.58. The van der Waals surface area contributed by atoms with Gasteiger partial charge in [0.05, 0.1) is 6.04 Å². The zero-order valence-corrected chi connectivity index (χ0v) is 19.5. The van der Waals surface area contributed by atoms with Crippen LogP contribution in [-0.4, -0.2) is 23.1 Å². The van der Waals surface area contributed by atoms with E-state index in [9.17, 15) is 0 Å². The van der Waals surface area contributed by atoms with E-state index in [-0.39, 0.29) is 6.04 Å². The predicted octanol–water partition coefficient (Wildman–Crippen LogP) is 7.24. The number of benzene rings is 3. The van der Waals surface area contributed by atoms with E-state index in [4.69, 9.17) is 16.3 Å². The van der Waals surface area contributed by atoms with Crippen LogP contribution in [0, 0.1) is 0 Å². The molecule has 1 saturated heterocycles. The summed E-state index contributed by atoms with van der Waals surface area (Å²) >= 11 is 6.26. The lowest BCUT2D eigenvalue weighted by Crippen LogP contribution is -2.48. The Morgan fingerprint density at radius 3 is 2.12 bits per heavy atom. The van der Waals surface area contributed by atoms with Gasteiger partial charge in [-0.25, -0.2) is 5.01 Å². The van der Waals surface area contributed by atoms with E-state index in [1.807, 2.05) is 18.2 Å². The fourth-order valence-electron chi connectivity index (χ4n) is 4.68. The molecule has 33 heavy (non-hydrogen) atoms. The first kappa shape index (κ1) is 21.8. The SMILES string of the molecule is Clc1ccc(C2C(c3ccccc3)=CC=C(OCc3ccccc3)N2N2CCCCC2)cc1. The first-order valence-corrected chi connectivity index (χ1v) is 12.1. The lowest BCUT2D eigenvalue weighted by molar-refractivity contribution is -0.0818. The minimum absolute atomic E-state index is 0.0125. The van der Waals surface area contributed by atoms with Gasteiger partial charge >= 0.3 is 0 Å². The maximum atomic E-state index is 6.47. The second-order valence-corrected chi connectivity index (χ2v) is 9.02. The smallest absolute Gasteiger partial charge is 0.205 e. The molecule has 1 atom stereocenters. The molecule has 3 aromatic carbocycles. The molecule has 0 spiro atoms. The van der Waals surface area contributed by atoms with Crippen molar-refractivity contribution in [3.05, 3.63) is 125 Å². The minimum Gasteiger partial charge on any atom is -0.473 e. The molecule has 0 aromatic heterocycles. The normalized spacial score (nSPS) is 19.1. The topological polar surface area (TPSA) is 15.7 Å². The molecule has 0 saturated carbocycles. The van der Waals surface area contributed by atoms with Crippen molar-refractivity contribution < 1.29 is 4.74 Å². The van der Waals surface area contributed by atoms with Gasteiger partial charge in [-0.3, -0.25) is 5.01 Å². The van der Waals surface area contributed by atoms with Crippen LogP contribution in [0.25, 0.3) is 5.57 Å². The fourth-order valence-corrected chi connectivity index (χ4v) is 4.81. The van der Waals surface area contributed by atoms with Gasteiger partial charge in [0.1, 0.15) is 6.61 Å². The molecule has 0 amide bonds. The Bertz CT molecular complexity index is 1100. The Labute approximate surface area is 201 Å². The Hall–Kier alpha value is -3.01. The van der Waals surface area contributed by atoms with Gasteiger partial charge in [0, 0.05) is 18.1 Å². The summed E-state index contributed by atoms with van der Waals surface area (Å²) in [6.45, 7) is 2.59. The molecule has 3 aromatic rings. The molecule has 0 bridgehead atoms. The highest BCUT2D eigenvalue weighted by Crippen LogP contribution is 2.42. The molecule has 4 heteroatoms. The minimum atomic E-state index is 0.0125. The van der Waals surface area contributed by atoms with E-state index < -0.39 is 0 Å². The maximum Gasteiger partial charge on any atom is 0.205 e. The number of hydrogen-bond donors (Lipinski definition) is 0. The number of hydrogen-bond acceptors (Lipinski definition) is 3. The standard InChI is InChI=1S/C29H29ClN2O/c30-26-16-14-25(15-17-26)29-27(24-12-6-2-7-13-24)18-19-28(32(29)31-20-8-3-9-21-31)33-22-23-10-4-1-5-11-23/h1-2,4-7,10-19,29H,3,8-9,20-22H2. The van der Waals surface area contributed by atoms with Crippen molar-refractivity contribution in [2.45, 2.75) is 31.9 Å². The van der Waals surface area contributed by atoms with E-state index in [1.54, 1.807) is 0 Å². The molecule has 2 aliphatic heterocycles. The molecule has 5 rings (SSSR count). The van der Waals surface area contributed by atoms with E-state index in [0.717, 1.165) is 29.6 Å². The van der Waals surface area contributed by atoms with E-state index in [1.165, 1.54) is 36.0 Å². The second kappa shape index (κ2) is 10.3. The van der Waals surface area contributed by atoms with Crippen molar-refractivity contribution in [1.29, 1.82) is 0 Å². The zero-order valence-electron chi connectivity index (χ0n) is 18.7. The van der Waals surface area contributed by atoms with Crippen LogP contribution < -0.4 is 0 Å². The van der Waals surface area contributed by atoms with E-state index >= 15 is 0 Å². The summed E-state index contributed by atoms with van der Waals surface area (Å²) in [6, 6.07) is 29.3. The molecule has 2 aliphatic rings. The predicted molar refractivity (Wildman–Crippen MR) is 135 cm³/mol. The first-order valence-electron chi connectivity index (χ1n) is 11.7. The van der Waals surface area contributed by atoms with Crippen molar-refractivity contribution in [1.82, 2.24) is 10.0 Å². The number of hydrazine groups is 1. The Kier molecular flexibility index (Phi) is 6.80. The number of nitrogens with zero attached hydrogens (tertiary/aromatic N) is 2. The molecule has 2 heterocycles. The Morgan fingerprint density at radius 1 is 0.758 bits per heavy atom. The van der Waals surface area contributed by atoms with Crippen molar-refractivity contribution >= 4 is 17.2 Å². The summed E-state index contributed by atoms with van der Waals surface area (Å²) in [5, 5.41) is 5.60. The summed E-state index contributed by atoms with van der Waals surface area (Å²) in [5.74, 6) is 0.889. The first-order chi connectivity index (χ1) is 16.3. The van der Waals surface area contributed by atoms with E-state index in [0.29, 0.717) is 6.61 Å². The van der Waals surface area contributed by atoms with Crippen molar-refractivity contribution in [2.75, 3.05) is 13.1 Å². The molecule has 0 N–H and O–H groups in total. The zero-order chi connectivity index (χ0) is 22.5. The summed E-state index contributed by atoms with van der Waals surface area (Å²) < 4.78 is 6.47. The molecule has 1 unspecified atom stereocenters. The van der Waals surface area contributed by atoms with Crippen LogP contribution in [0.4, 0.5) is 0 Å². The summed E-state index contributed by atoms with van der Waals surface area (Å²) in [4.78, 5) is 0. The largest absolute Gasteiger partial charge is 0.473 e. The van der Waals surface area contributed by atoms with Gasteiger partial charge in [-0.2, -0.15) is 0 Å². The van der Waals surface area contributed by atoms with Gasteiger partial charge < -0.3 is 4.74 Å². The molecule has 0 radical (unpaired) electrons. The molecular formula is C29H29ClN2O. The number of ether oxygens (including phenoxy) is 1. The van der Waals surface area contributed by atoms with Crippen LogP contribution in [0.15, 0.2) is 103 Å². The molecule has 0 aliphatic carbocycles. The average Bonchev–Trinajstić information content (AvgIpc) is 2.89. The number of halogens is 1. The number of rotatable bonds is 6. The van der Waals surface area contributed by atoms with Crippen LogP contribution in [0.5, 0.6) is 0 Å². The van der Waals surface area contributed by atoms with Crippen molar-refractivity contribution in [2.24, 2.45) is 0 Å². The second-order valence-electron chi connectivity index (χ2n) is 8.58. The van der Waals surface area contributed by atoms with Gasteiger partial charge in [0.25, 0.3) is 0 Å². The highest BCUT2D eigenvalue weighted by atomic mass is 35.5. The molecular weight excluding hydrogens is 428 g/mol. The molecule has 3 nitrogen and oxygen atoms in total. The Morgan fingerprint density at radius 2 is 1.42 bits per heavy atom. The quantitative estimate of drug-likeness (QED) is 0.388. The van der Waals surface area contributed by atoms with Crippen LogP contribution in [0.2, 0.25) is 5.02 Å². The summed E-state index contributed by atoms with van der Waals surface area (Å²) in [7, 11) is 0. The number of piperidine rings is 1. The average molecular weight is 457 g/mol. The summed E-state index contributed by atoms with van der Waals surface area (Å²) in [6.07, 6.45) is 8.02.